The summed E-state index contributed by atoms with van der Waals surface area (Å²) in [6.07, 6.45) is 5.47. The number of carbonyl (C=O) groups is 1. The van der Waals surface area contributed by atoms with Gasteiger partial charge >= 0.3 is 0 Å². The van der Waals surface area contributed by atoms with Gasteiger partial charge in [-0.05, 0) is 43.3 Å². The summed E-state index contributed by atoms with van der Waals surface area (Å²) in [4.78, 5) is 17.9. The van der Waals surface area contributed by atoms with Crippen molar-refractivity contribution in [3.05, 3.63) is 97.0 Å². The van der Waals surface area contributed by atoms with Crippen molar-refractivity contribution >= 4 is 17.7 Å². The van der Waals surface area contributed by atoms with Gasteiger partial charge in [0.25, 0.3) is 0 Å². The zero-order valence-corrected chi connectivity index (χ0v) is 17.4. The molecular formula is C24H22N4OS. The summed E-state index contributed by atoms with van der Waals surface area (Å²) in [7, 11) is 0. The Kier molecular flexibility index (Phi) is 6.25. The van der Waals surface area contributed by atoms with Crippen molar-refractivity contribution in [1.29, 1.82) is 0 Å². The summed E-state index contributed by atoms with van der Waals surface area (Å²) in [5, 5.41) is 7.65. The van der Waals surface area contributed by atoms with Crippen molar-refractivity contribution in [3.8, 4) is 16.9 Å². The molecule has 5 nitrogen and oxygen atoms in total. The van der Waals surface area contributed by atoms with Gasteiger partial charge in [-0.3, -0.25) is 9.78 Å². The zero-order chi connectivity index (χ0) is 20.8. The van der Waals surface area contributed by atoms with E-state index in [9.17, 15) is 4.79 Å². The van der Waals surface area contributed by atoms with Gasteiger partial charge in [0.15, 0.2) is 0 Å². The van der Waals surface area contributed by atoms with E-state index in [0.717, 1.165) is 27.4 Å². The van der Waals surface area contributed by atoms with Crippen LogP contribution in [0.15, 0.2) is 96.3 Å². The first-order chi connectivity index (χ1) is 14.7. The second-order valence-corrected chi connectivity index (χ2v) is 8.22. The number of nitrogens with one attached hydrogen (secondary N) is 1. The summed E-state index contributed by atoms with van der Waals surface area (Å²) in [6, 6.07) is 23.8. The average Bonchev–Trinajstić information content (AvgIpc) is 3.23. The molecule has 0 aliphatic heterocycles. The molecule has 4 rings (SSSR count). The van der Waals surface area contributed by atoms with E-state index in [4.69, 9.17) is 5.10 Å². The Morgan fingerprint density at radius 1 is 1.00 bits per heavy atom. The minimum atomic E-state index is -0.194. The van der Waals surface area contributed by atoms with E-state index in [-0.39, 0.29) is 11.2 Å². The predicted molar refractivity (Wildman–Crippen MR) is 120 cm³/mol. The van der Waals surface area contributed by atoms with Gasteiger partial charge < -0.3 is 5.32 Å². The molecule has 1 atom stereocenters. The molecule has 0 aliphatic carbocycles. The molecule has 2 heterocycles. The lowest BCUT2D eigenvalue weighted by atomic mass is 10.1. The molecule has 1 amide bonds. The van der Waals surface area contributed by atoms with Crippen molar-refractivity contribution in [2.45, 2.75) is 23.6 Å². The fourth-order valence-corrected chi connectivity index (χ4v) is 4.00. The van der Waals surface area contributed by atoms with Crippen LogP contribution in [0.5, 0.6) is 0 Å². The van der Waals surface area contributed by atoms with Gasteiger partial charge in [-0.2, -0.15) is 5.10 Å². The van der Waals surface area contributed by atoms with Crippen LogP contribution in [0.4, 0.5) is 0 Å². The number of nitrogens with zero attached hydrogens (tertiary/aromatic N) is 3. The van der Waals surface area contributed by atoms with Gasteiger partial charge in [-0.25, -0.2) is 4.68 Å². The fourth-order valence-electron chi connectivity index (χ4n) is 3.09. The van der Waals surface area contributed by atoms with E-state index in [1.807, 2.05) is 90.6 Å². The lowest BCUT2D eigenvalue weighted by Gasteiger charge is -2.12. The molecule has 30 heavy (non-hydrogen) atoms. The maximum absolute atomic E-state index is 12.7. The molecule has 0 aliphatic rings. The minimum absolute atomic E-state index is 0.00278. The lowest BCUT2D eigenvalue weighted by molar-refractivity contribution is -0.120. The van der Waals surface area contributed by atoms with Crippen LogP contribution in [0, 0.1) is 0 Å². The Balaban J connectivity index is 1.52. The van der Waals surface area contributed by atoms with E-state index in [0.29, 0.717) is 6.54 Å². The first kappa shape index (κ1) is 19.9. The molecule has 0 saturated carbocycles. The number of rotatable bonds is 7. The highest BCUT2D eigenvalue weighted by Gasteiger charge is 2.17. The number of carbonyl (C=O) groups excluding carboxylic acids is 1. The molecule has 2 aromatic carbocycles. The van der Waals surface area contributed by atoms with E-state index in [1.54, 1.807) is 24.2 Å². The third kappa shape index (κ3) is 4.78. The Hall–Kier alpha value is -3.38. The van der Waals surface area contributed by atoms with Crippen LogP contribution in [0.2, 0.25) is 0 Å². The van der Waals surface area contributed by atoms with Gasteiger partial charge in [0.05, 0.1) is 16.6 Å². The van der Waals surface area contributed by atoms with Crippen LogP contribution in [0.3, 0.4) is 0 Å². The Labute approximate surface area is 180 Å². The molecule has 0 radical (unpaired) electrons. The Morgan fingerprint density at radius 3 is 2.37 bits per heavy atom. The van der Waals surface area contributed by atoms with Gasteiger partial charge in [-0.15, -0.1) is 11.8 Å². The summed E-state index contributed by atoms with van der Waals surface area (Å²) < 4.78 is 1.85. The topological polar surface area (TPSA) is 59.8 Å². The van der Waals surface area contributed by atoms with Crippen molar-refractivity contribution in [2.75, 3.05) is 0 Å². The quantitative estimate of drug-likeness (QED) is 0.444. The molecule has 6 heteroatoms. The second kappa shape index (κ2) is 9.41. The zero-order valence-electron chi connectivity index (χ0n) is 16.6. The molecule has 2 aromatic heterocycles. The van der Waals surface area contributed by atoms with E-state index >= 15 is 0 Å². The van der Waals surface area contributed by atoms with Crippen LogP contribution < -0.4 is 5.32 Å². The Bertz CT molecular complexity index is 1100. The number of hydrogen-bond donors (Lipinski definition) is 1. The Morgan fingerprint density at radius 2 is 1.67 bits per heavy atom. The number of amides is 1. The van der Waals surface area contributed by atoms with Gasteiger partial charge in [-0.1, -0.05) is 36.4 Å². The molecular weight excluding hydrogens is 392 g/mol. The van der Waals surface area contributed by atoms with Crippen LogP contribution in [0.25, 0.3) is 16.9 Å². The van der Waals surface area contributed by atoms with E-state index in [2.05, 4.69) is 10.3 Å². The fraction of sp³-hybridized carbons (Fsp3) is 0.125. The van der Waals surface area contributed by atoms with Crippen molar-refractivity contribution < 1.29 is 4.79 Å². The highest BCUT2D eigenvalue weighted by Crippen LogP contribution is 2.25. The van der Waals surface area contributed by atoms with Crippen molar-refractivity contribution in [3.63, 3.8) is 0 Å². The molecule has 0 spiro atoms. The number of para-hydroxylation sites is 1. The highest BCUT2D eigenvalue weighted by molar-refractivity contribution is 8.00. The van der Waals surface area contributed by atoms with Gasteiger partial charge in [0.2, 0.25) is 5.91 Å². The lowest BCUT2D eigenvalue weighted by Crippen LogP contribution is -2.30. The average molecular weight is 415 g/mol. The number of aromatic nitrogens is 3. The summed E-state index contributed by atoms with van der Waals surface area (Å²) in [5.41, 5.74) is 3.73. The highest BCUT2D eigenvalue weighted by atomic mass is 32.2. The SMILES string of the molecule is CC(Sc1ccccc1)C(=O)NCc1cn(-c2ccccc2)nc1-c1ccncc1. The molecule has 0 bridgehead atoms. The maximum Gasteiger partial charge on any atom is 0.233 e. The summed E-state index contributed by atoms with van der Waals surface area (Å²) in [5.74, 6) is -0.00278. The summed E-state index contributed by atoms with van der Waals surface area (Å²) >= 11 is 1.55. The normalized spacial score (nSPS) is 11.8. The number of thioether (sulfide) groups is 1. The van der Waals surface area contributed by atoms with Crippen LogP contribution >= 0.6 is 11.8 Å². The first-order valence-corrected chi connectivity index (χ1v) is 10.6. The van der Waals surface area contributed by atoms with Crippen LogP contribution in [-0.4, -0.2) is 25.9 Å². The van der Waals surface area contributed by atoms with Crippen molar-refractivity contribution in [2.24, 2.45) is 0 Å². The summed E-state index contributed by atoms with van der Waals surface area (Å²) in [6.45, 7) is 2.33. The largest absolute Gasteiger partial charge is 0.351 e. The minimum Gasteiger partial charge on any atom is -0.351 e. The second-order valence-electron chi connectivity index (χ2n) is 6.81. The molecule has 0 saturated heterocycles. The molecule has 1 N–H and O–H groups in total. The third-order valence-corrected chi connectivity index (χ3v) is 5.75. The number of pyridine rings is 1. The molecule has 4 aromatic rings. The standard InChI is InChI=1S/C24H22N4OS/c1-18(30-22-10-6-3-7-11-22)24(29)26-16-20-17-28(21-8-4-2-5-9-21)27-23(20)19-12-14-25-15-13-19/h2-15,17-18H,16H2,1H3,(H,26,29). The number of hydrogen-bond acceptors (Lipinski definition) is 4. The van der Waals surface area contributed by atoms with Crippen LogP contribution in [0.1, 0.15) is 12.5 Å². The molecule has 1 unspecified atom stereocenters. The number of benzene rings is 2. The molecule has 150 valence electrons. The smallest absolute Gasteiger partial charge is 0.233 e. The first-order valence-electron chi connectivity index (χ1n) is 9.74. The van der Waals surface area contributed by atoms with Crippen molar-refractivity contribution in [1.82, 2.24) is 20.1 Å². The van der Waals surface area contributed by atoms with Gasteiger partial charge in [0.1, 0.15) is 0 Å². The van der Waals surface area contributed by atoms with E-state index in [1.165, 1.54) is 0 Å². The maximum atomic E-state index is 12.7. The predicted octanol–water partition coefficient (Wildman–Crippen LogP) is 4.73. The molecule has 0 fully saturated rings. The third-order valence-electron chi connectivity index (χ3n) is 4.64. The van der Waals surface area contributed by atoms with Crippen LogP contribution in [-0.2, 0) is 11.3 Å². The monoisotopic (exact) mass is 414 g/mol. The van der Waals surface area contributed by atoms with E-state index < -0.39 is 0 Å². The van der Waals surface area contributed by atoms with Gasteiger partial charge in [0, 0.05) is 41.2 Å².